The Morgan fingerprint density at radius 2 is 1.55 bits per heavy atom. The van der Waals surface area contributed by atoms with E-state index in [9.17, 15) is 18.0 Å². The lowest BCUT2D eigenvalue weighted by molar-refractivity contribution is -0.140. The van der Waals surface area contributed by atoms with Gasteiger partial charge < -0.3 is 10.2 Å². The summed E-state index contributed by atoms with van der Waals surface area (Å²) in [4.78, 5) is 28.5. The molecule has 40 heavy (non-hydrogen) atoms. The van der Waals surface area contributed by atoms with Crippen LogP contribution in [0.4, 0.5) is 5.69 Å². The summed E-state index contributed by atoms with van der Waals surface area (Å²) < 4.78 is 29.0. The molecule has 2 amide bonds. The molecule has 0 aromatic heterocycles. The maximum Gasteiger partial charge on any atom is 0.264 e. The molecule has 7 nitrogen and oxygen atoms in total. The SMILES string of the molecule is CCNC(=O)[C@H](CC)N(Cc1c(Cl)cccc1Cl)C(=O)CN(c1cc(Cl)ccc1C)S(=O)(=O)c1ccc(C)cc1. The van der Waals surface area contributed by atoms with E-state index in [1.807, 2.05) is 6.92 Å². The van der Waals surface area contributed by atoms with E-state index in [0.717, 1.165) is 9.87 Å². The summed E-state index contributed by atoms with van der Waals surface area (Å²) in [5.74, 6) is -0.974. The third-order valence-electron chi connectivity index (χ3n) is 6.45. The van der Waals surface area contributed by atoms with Gasteiger partial charge in [-0.2, -0.15) is 0 Å². The zero-order valence-corrected chi connectivity index (χ0v) is 25.8. The topological polar surface area (TPSA) is 86.8 Å². The van der Waals surface area contributed by atoms with Crippen LogP contribution < -0.4 is 9.62 Å². The van der Waals surface area contributed by atoms with Gasteiger partial charge in [0, 0.05) is 33.7 Å². The number of rotatable bonds is 11. The fourth-order valence-electron chi connectivity index (χ4n) is 4.27. The maximum absolute atomic E-state index is 14.1. The van der Waals surface area contributed by atoms with Crippen molar-refractivity contribution >= 4 is 62.3 Å². The molecule has 3 aromatic rings. The van der Waals surface area contributed by atoms with Crippen LogP contribution in [0.2, 0.25) is 15.1 Å². The van der Waals surface area contributed by atoms with Crippen molar-refractivity contribution in [2.24, 2.45) is 0 Å². The Morgan fingerprint density at radius 1 is 0.925 bits per heavy atom. The third-order valence-corrected chi connectivity index (χ3v) is 9.17. The second kappa shape index (κ2) is 13.7. The number of carbonyl (C=O) groups is 2. The van der Waals surface area contributed by atoms with E-state index >= 15 is 0 Å². The molecular weight excluding hydrogens is 593 g/mol. The quantitative estimate of drug-likeness (QED) is 0.267. The summed E-state index contributed by atoms with van der Waals surface area (Å²) in [6.07, 6.45) is 0.278. The van der Waals surface area contributed by atoms with Crippen molar-refractivity contribution in [3.8, 4) is 0 Å². The minimum Gasteiger partial charge on any atom is -0.355 e. The van der Waals surface area contributed by atoms with Gasteiger partial charge in [0.2, 0.25) is 11.8 Å². The van der Waals surface area contributed by atoms with Crippen LogP contribution in [0.25, 0.3) is 0 Å². The number of nitrogens with zero attached hydrogens (tertiary/aromatic N) is 2. The number of anilines is 1. The van der Waals surface area contributed by atoms with Crippen molar-refractivity contribution in [3.63, 3.8) is 0 Å². The zero-order chi connectivity index (χ0) is 29.6. The van der Waals surface area contributed by atoms with Gasteiger partial charge >= 0.3 is 0 Å². The highest BCUT2D eigenvalue weighted by Crippen LogP contribution is 2.31. The first-order valence-electron chi connectivity index (χ1n) is 12.8. The summed E-state index contributed by atoms with van der Waals surface area (Å²) >= 11 is 19.1. The van der Waals surface area contributed by atoms with Crippen molar-refractivity contribution in [3.05, 3.63) is 92.4 Å². The molecule has 214 valence electrons. The lowest BCUT2D eigenvalue weighted by Gasteiger charge is -2.34. The first kappa shape index (κ1) is 31.7. The van der Waals surface area contributed by atoms with Gasteiger partial charge in [-0.05, 0) is 69.2 Å². The van der Waals surface area contributed by atoms with E-state index < -0.39 is 28.5 Å². The lowest BCUT2D eigenvalue weighted by atomic mass is 10.1. The van der Waals surface area contributed by atoms with E-state index in [1.165, 1.54) is 23.1 Å². The lowest BCUT2D eigenvalue weighted by Crippen LogP contribution is -2.52. The summed E-state index contributed by atoms with van der Waals surface area (Å²) in [5, 5.41) is 3.72. The summed E-state index contributed by atoms with van der Waals surface area (Å²) in [6.45, 7) is 6.81. The van der Waals surface area contributed by atoms with Gasteiger partial charge in [0.15, 0.2) is 0 Å². The zero-order valence-electron chi connectivity index (χ0n) is 22.7. The van der Waals surface area contributed by atoms with Gasteiger partial charge in [-0.1, -0.05) is 71.6 Å². The predicted octanol–water partition coefficient (Wildman–Crippen LogP) is 6.40. The van der Waals surface area contributed by atoms with Crippen LogP contribution in [0.15, 0.2) is 65.6 Å². The normalized spacial score (nSPS) is 12.1. The Hall–Kier alpha value is -2.78. The van der Waals surface area contributed by atoms with E-state index in [2.05, 4.69) is 5.32 Å². The molecule has 0 heterocycles. The Labute approximate surface area is 251 Å². The number of nitrogens with one attached hydrogen (secondary N) is 1. The van der Waals surface area contributed by atoms with Crippen molar-refractivity contribution in [1.29, 1.82) is 0 Å². The molecule has 3 rings (SSSR count). The Kier molecular flexibility index (Phi) is 10.9. The van der Waals surface area contributed by atoms with Crippen molar-refractivity contribution in [1.82, 2.24) is 10.2 Å². The highest BCUT2D eigenvalue weighted by Gasteiger charge is 2.34. The first-order valence-corrected chi connectivity index (χ1v) is 15.3. The molecule has 11 heteroatoms. The molecule has 1 atom stereocenters. The molecule has 0 bridgehead atoms. The number of benzene rings is 3. The van der Waals surface area contributed by atoms with E-state index in [-0.39, 0.29) is 29.5 Å². The van der Waals surface area contributed by atoms with Gasteiger partial charge in [0.25, 0.3) is 10.0 Å². The van der Waals surface area contributed by atoms with Gasteiger partial charge in [-0.3, -0.25) is 13.9 Å². The van der Waals surface area contributed by atoms with Gasteiger partial charge in [-0.15, -0.1) is 0 Å². The average Bonchev–Trinajstić information content (AvgIpc) is 2.90. The molecule has 0 unspecified atom stereocenters. The number of aryl methyl sites for hydroxylation is 2. The number of carbonyl (C=O) groups excluding carboxylic acids is 2. The number of sulfonamides is 1. The van der Waals surface area contributed by atoms with Gasteiger partial charge in [0.1, 0.15) is 12.6 Å². The van der Waals surface area contributed by atoms with Crippen LogP contribution in [0, 0.1) is 13.8 Å². The molecule has 0 aliphatic heterocycles. The number of halogens is 3. The van der Waals surface area contributed by atoms with Crippen LogP contribution in [-0.2, 0) is 26.2 Å². The van der Waals surface area contributed by atoms with Crippen LogP contribution in [0.3, 0.4) is 0 Å². The fraction of sp³-hybridized carbons (Fsp3) is 0.310. The van der Waals surface area contributed by atoms with E-state index in [4.69, 9.17) is 34.8 Å². The molecule has 0 aliphatic carbocycles. The average molecular weight is 625 g/mol. The monoisotopic (exact) mass is 623 g/mol. The molecule has 1 N–H and O–H groups in total. The van der Waals surface area contributed by atoms with Crippen molar-refractivity contribution in [2.75, 3.05) is 17.4 Å². The second-order valence-electron chi connectivity index (χ2n) is 9.30. The largest absolute Gasteiger partial charge is 0.355 e. The molecule has 0 fully saturated rings. The second-order valence-corrected chi connectivity index (χ2v) is 12.4. The number of amides is 2. The maximum atomic E-state index is 14.1. The van der Waals surface area contributed by atoms with Crippen molar-refractivity contribution < 1.29 is 18.0 Å². The summed E-state index contributed by atoms with van der Waals surface area (Å²) in [6, 6.07) is 15.3. The minimum absolute atomic E-state index is 0.0155. The van der Waals surface area contributed by atoms with Crippen LogP contribution in [0.5, 0.6) is 0 Å². The predicted molar refractivity (Wildman–Crippen MR) is 162 cm³/mol. The minimum atomic E-state index is -4.22. The van der Waals surface area contributed by atoms with Crippen LogP contribution in [0.1, 0.15) is 37.0 Å². The molecule has 0 saturated heterocycles. The molecule has 0 aliphatic rings. The van der Waals surface area contributed by atoms with Gasteiger partial charge in [-0.25, -0.2) is 8.42 Å². The van der Waals surface area contributed by atoms with E-state index in [1.54, 1.807) is 63.2 Å². The third kappa shape index (κ3) is 7.29. The van der Waals surface area contributed by atoms with Crippen molar-refractivity contribution in [2.45, 2.75) is 51.6 Å². The summed E-state index contributed by atoms with van der Waals surface area (Å²) in [5.41, 5.74) is 2.19. The standard InChI is InChI=1S/C29H32Cl3N3O4S/c1-5-26(29(37)33-6-2)34(17-23-24(31)8-7-9-25(23)32)28(36)18-35(27-16-21(30)13-12-20(27)4)40(38,39)22-14-10-19(3)11-15-22/h7-16,26H,5-6,17-18H2,1-4H3,(H,33,37)/t26-/m0/s1. The Balaban J connectivity index is 2.14. The van der Waals surface area contributed by atoms with E-state index in [0.29, 0.717) is 32.7 Å². The Morgan fingerprint density at radius 3 is 2.12 bits per heavy atom. The number of hydrogen-bond acceptors (Lipinski definition) is 4. The first-order chi connectivity index (χ1) is 18.9. The Bertz CT molecular complexity index is 1460. The molecule has 0 spiro atoms. The molecule has 0 radical (unpaired) electrons. The highest BCUT2D eigenvalue weighted by atomic mass is 35.5. The highest BCUT2D eigenvalue weighted by molar-refractivity contribution is 7.92. The van der Waals surface area contributed by atoms with Crippen LogP contribution in [-0.4, -0.2) is 44.3 Å². The smallest absolute Gasteiger partial charge is 0.264 e. The molecule has 0 saturated carbocycles. The van der Waals surface area contributed by atoms with Crippen LogP contribution >= 0.6 is 34.8 Å². The summed E-state index contributed by atoms with van der Waals surface area (Å²) in [7, 11) is -4.22. The fourth-order valence-corrected chi connectivity index (χ4v) is 6.42. The van der Waals surface area contributed by atoms with Gasteiger partial charge in [0.05, 0.1) is 10.6 Å². The molecular formula is C29H32Cl3N3O4S. The number of hydrogen-bond donors (Lipinski definition) is 1. The molecule has 3 aromatic carbocycles. The number of likely N-dealkylation sites (N-methyl/N-ethyl adjacent to an activating group) is 1.